The Kier molecular flexibility index (Phi) is 3.56. The van der Waals surface area contributed by atoms with Crippen LogP contribution in [0.15, 0.2) is 11.4 Å². The van der Waals surface area contributed by atoms with E-state index in [-0.39, 0.29) is 6.04 Å². The van der Waals surface area contributed by atoms with E-state index in [9.17, 15) is 0 Å². The van der Waals surface area contributed by atoms with Gasteiger partial charge in [0, 0.05) is 10.9 Å². The third-order valence-electron chi connectivity index (χ3n) is 2.20. The lowest BCUT2D eigenvalue weighted by Crippen LogP contribution is -2.17. The molecule has 0 aliphatic heterocycles. The molecular formula is C9H14ClNS. The molecule has 0 bridgehead atoms. The molecule has 0 saturated heterocycles. The standard InChI is InChI=1S/C9H14ClNS/c1-3-6(2)8(11)9-7(10)4-5-12-9/h4-6,8H,3,11H2,1-2H3/t6?,8-/m1/s1. The van der Waals surface area contributed by atoms with Crippen LogP contribution in [0, 0.1) is 5.92 Å². The summed E-state index contributed by atoms with van der Waals surface area (Å²) in [5, 5.41) is 2.80. The minimum Gasteiger partial charge on any atom is -0.323 e. The minimum absolute atomic E-state index is 0.0995. The summed E-state index contributed by atoms with van der Waals surface area (Å²) < 4.78 is 0. The van der Waals surface area contributed by atoms with Crippen molar-refractivity contribution >= 4 is 22.9 Å². The van der Waals surface area contributed by atoms with Crippen LogP contribution in [0.5, 0.6) is 0 Å². The quantitative estimate of drug-likeness (QED) is 0.800. The third-order valence-corrected chi connectivity index (χ3v) is 3.66. The maximum absolute atomic E-state index is 6.02. The number of thiophene rings is 1. The molecule has 1 aromatic heterocycles. The first kappa shape index (κ1) is 10.0. The van der Waals surface area contributed by atoms with Gasteiger partial charge in [-0.25, -0.2) is 0 Å². The van der Waals surface area contributed by atoms with Gasteiger partial charge in [-0.15, -0.1) is 11.3 Å². The van der Waals surface area contributed by atoms with Gasteiger partial charge in [0.05, 0.1) is 5.02 Å². The highest BCUT2D eigenvalue weighted by Crippen LogP contribution is 2.32. The van der Waals surface area contributed by atoms with E-state index in [1.807, 2.05) is 11.4 Å². The maximum Gasteiger partial charge on any atom is 0.0561 e. The van der Waals surface area contributed by atoms with Gasteiger partial charge in [-0.1, -0.05) is 31.9 Å². The van der Waals surface area contributed by atoms with Crippen LogP contribution >= 0.6 is 22.9 Å². The van der Waals surface area contributed by atoms with Crippen LogP contribution in [0.1, 0.15) is 31.2 Å². The van der Waals surface area contributed by atoms with Crippen molar-refractivity contribution in [3.8, 4) is 0 Å². The first-order valence-electron chi connectivity index (χ1n) is 4.15. The average Bonchev–Trinajstić information content (AvgIpc) is 2.48. The molecule has 68 valence electrons. The van der Waals surface area contributed by atoms with Gasteiger partial charge in [-0.2, -0.15) is 0 Å². The van der Waals surface area contributed by atoms with E-state index >= 15 is 0 Å². The van der Waals surface area contributed by atoms with E-state index in [0.717, 1.165) is 16.3 Å². The molecule has 0 aliphatic rings. The summed E-state index contributed by atoms with van der Waals surface area (Å²) in [5.41, 5.74) is 6.02. The predicted octanol–water partition coefficient (Wildman–Crippen LogP) is 3.45. The Morgan fingerprint density at radius 1 is 1.67 bits per heavy atom. The molecule has 0 amide bonds. The monoisotopic (exact) mass is 203 g/mol. The second-order valence-corrected chi connectivity index (χ2v) is 4.40. The third kappa shape index (κ3) is 2.00. The highest BCUT2D eigenvalue weighted by atomic mass is 35.5. The van der Waals surface area contributed by atoms with Crippen molar-refractivity contribution in [2.24, 2.45) is 11.7 Å². The Morgan fingerprint density at radius 2 is 2.33 bits per heavy atom. The normalized spacial score (nSPS) is 16.0. The van der Waals surface area contributed by atoms with Crippen molar-refractivity contribution in [3.63, 3.8) is 0 Å². The summed E-state index contributed by atoms with van der Waals surface area (Å²) in [4.78, 5) is 1.12. The number of nitrogens with two attached hydrogens (primary N) is 1. The lowest BCUT2D eigenvalue weighted by Gasteiger charge is -2.16. The summed E-state index contributed by atoms with van der Waals surface area (Å²) in [7, 11) is 0. The van der Waals surface area contributed by atoms with Gasteiger partial charge in [0.15, 0.2) is 0 Å². The molecule has 3 heteroatoms. The van der Waals surface area contributed by atoms with Crippen LogP contribution in [0.3, 0.4) is 0 Å². The first-order valence-corrected chi connectivity index (χ1v) is 5.41. The van der Waals surface area contributed by atoms with Gasteiger partial charge in [-0.05, 0) is 17.4 Å². The molecule has 0 aromatic carbocycles. The van der Waals surface area contributed by atoms with Crippen LogP contribution < -0.4 is 5.73 Å². The molecule has 1 unspecified atom stereocenters. The van der Waals surface area contributed by atoms with E-state index in [1.54, 1.807) is 11.3 Å². The van der Waals surface area contributed by atoms with Crippen molar-refractivity contribution in [1.82, 2.24) is 0 Å². The molecule has 2 atom stereocenters. The van der Waals surface area contributed by atoms with Crippen LogP contribution in [0.4, 0.5) is 0 Å². The van der Waals surface area contributed by atoms with Gasteiger partial charge < -0.3 is 5.73 Å². The molecule has 1 rings (SSSR count). The molecular weight excluding hydrogens is 190 g/mol. The Balaban J connectivity index is 2.77. The first-order chi connectivity index (χ1) is 5.66. The molecule has 1 nitrogen and oxygen atoms in total. The number of rotatable bonds is 3. The summed E-state index contributed by atoms with van der Waals surface area (Å²) in [5.74, 6) is 0.501. The highest BCUT2D eigenvalue weighted by Gasteiger charge is 2.16. The summed E-state index contributed by atoms with van der Waals surface area (Å²) in [6.07, 6.45) is 1.09. The Labute approximate surface area is 82.5 Å². The smallest absolute Gasteiger partial charge is 0.0561 e. The predicted molar refractivity (Wildman–Crippen MR) is 55.7 cm³/mol. The number of halogens is 1. The van der Waals surface area contributed by atoms with Crippen LogP contribution in [0.25, 0.3) is 0 Å². The summed E-state index contributed by atoms with van der Waals surface area (Å²) in [6.45, 7) is 4.30. The molecule has 12 heavy (non-hydrogen) atoms. The van der Waals surface area contributed by atoms with E-state index in [1.165, 1.54) is 0 Å². The molecule has 1 heterocycles. The number of hydrogen-bond donors (Lipinski definition) is 1. The SMILES string of the molecule is CCC(C)[C@@H](N)c1sccc1Cl. The zero-order chi connectivity index (χ0) is 9.14. The van der Waals surface area contributed by atoms with Gasteiger partial charge in [0.25, 0.3) is 0 Å². The van der Waals surface area contributed by atoms with Crippen molar-refractivity contribution in [3.05, 3.63) is 21.3 Å². The van der Waals surface area contributed by atoms with Gasteiger partial charge in [0.1, 0.15) is 0 Å². The van der Waals surface area contributed by atoms with Crippen LogP contribution in [0.2, 0.25) is 5.02 Å². The minimum atomic E-state index is 0.0995. The van der Waals surface area contributed by atoms with Crippen LogP contribution in [-0.2, 0) is 0 Å². The molecule has 0 fully saturated rings. The van der Waals surface area contributed by atoms with E-state index in [4.69, 9.17) is 17.3 Å². The molecule has 2 N–H and O–H groups in total. The van der Waals surface area contributed by atoms with Gasteiger partial charge >= 0.3 is 0 Å². The zero-order valence-corrected chi connectivity index (χ0v) is 8.95. The van der Waals surface area contributed by atoms with Crippen LogP contribution in [-0.4, -0.2) is 0 Å². The summed E-state index contributed by atoms with van der Waals surface area (Å²) in [6, 6.07) is 2.01. The lowest BCUT2D eigenvalue weighted by molar-refractivity contribution is 0.462. The van der Waals surface area contributed by atoms with Gasteiger partial charge in [0.2, 0.25) is 0 Å². The maximum atomic E-state index is 6.02. The summed E-state index contributed by atoms with van der Waals surface area (Å²) >= 11 is 7.61. The van der Waals surface area contributed by atoms with E-state index < -0.39 is 0 Å². The zero-order valence-electron chi connectivity index (χ0n) is 7.38. The van der Waals surface area contributed by atoms with Crippen molar-refractivity contribution in [1.29, 1.82) is 0 Å². The lowest BCUT2D eigenvalue weighted by atomic mass is 9.99. The largest absolute Gasteiger partial charge is 0.323 e. The highest BCUT2D eigenvalue weighted by molar-refractivity contribution is 7.10. The van der Waals surface area contributed by atoms with Gasteiger partial charge in [-0.3, -0.25) is 0 Å². The van der Waals surface area contributed by atoms with E-state index in [2.05, 4.69) is 13.8 Å². The molecule has 1 aromatic rings. The second kappa shape index (κ2) is 4.26. The average molecular weight is 204 g/mol. The fraction of sp³-hybridized carbons (Fsp3) is 0.556. The van der Waals surface area contributed by atoms with Crippen molar-refractivity contribution in [2.45, 2.75) is 26.3 Å². The molecule has 0 radical (unpaired) electrons. The number of hydrogen-bond acceptors (Lipinski definition) is 2. The topological polar surface area (TPSA) is 26.0 Å². The van der Waals surface area contributed by atoms with E-state index in [0.29, 0.717) is 5.92 Å². The molecule has 0 saturated carbocycles. The Bertz CT molecular complexity index is 246. The molecule has 0 aliphatic carbocycles. The van der Waals surface area contributed by atoms with Crippen molar-refractivity contribution in [2.75, 3.05) is 0 Å². The van der Waals surface area contributed by atoms with Crippen molar-refractivity contribution < 1.29 is 0 Å². The molecule has 0 spiro atoms. The second-order valence-electron chi connectivity index (χ2n) is 3.04. The fourth-order valence-corrected chi connectivity index (χ4v) is 2.37. The Morgan fingerprint density at radius 3 is 2.75 bits per heavy atom. The fourth-order valence-electron chi connectivity index (χ4n) is 1.06. The Hall–Kier alpha value is -0.0500.